The van der Waals surface area contributed by atoms with Crippen LogP contribution in [0, 0.1) is 0 Å². The van der Waals surface area contributed by atoms with Crippen molar-refractivity contribution in [2.75, 3.05) is 20.2 Å². The molecule has 6 nitrogen and oxygen atoms in total. The number of ether oxygens (including phenoxy) is 1. The van der Waals surface area contributed by atoms with Gasteiger partial charge in [-0.2, -0.15) is 0 Å². The van der Waals surface area contributed by atoms with Gasteiger partial charge in [-0.1, -0.05) is 24.3 Å². The zero-order chi connectivity index (χ0) is 20.0. The molecular weight excluding hydrogens is 445 g/mol. The zero-order valence-corrected chi connectivity index (χ0v) is 19.3. The van der Waals surface area contributed by atoms with Gasteiger partial charge in [-0.3, -0.25) is 4.98 Å². The van der Waals surface area contributed by atoms with Crippen molar-refractivity contribution in [2.24, 2.45) is 0 Å². The minimum atomic E-state index is -3.58. The van der Waals surface area contributed by atoms with Crippen LogP contribution in [0.2, 0.25) is 0 Å². The lowest BCUT2D eigenvalue weighted by molar-refractivity contribution is 0.409. The third kappa shape index (κ3) is 6.82. The van der Waals surface area contributed by atoms with Gasteiger partial charge in [-0.15, -0.1) is 24.8 Å². The quantitative estimate of drug-likeness (QED) is 0.466. The summed E-state index contributed by atoms with van der Waals surface area (Å²) in [5.74, 6) is 0.865. The van der Waals surface area contributed by atoms with Gasteiger partial charge in [-0.25, -0.2) is 13.1 Å². The van der Waals surface area contributed by atoms with E-state index < -0.39 is 10.0 Å². The molecule has 3 rings (SSSR count). The highest BCUT2D eigenvalue weighted by molar-refractivity contribution is 7.89. The Labute approximate surface area is 190 Å². The number of para-hydroxylation sites is 1. The summed E-state index contributed by atoms with van der Waals surface area (Å²) in [5, 5.41) is 5.06. The summed E-state index contributed by atoms with van der Waals surface area (Å²) in [6.07, 6.45) is 4.18. The van der Waals surface area contributed by atoms with Gasteiger partial charge >= 0.3 is 0 Å². The number of fused-ring (bicyclic) bond motifs is 1. The maximum Gasteiger partial charge on any atom is 0.240 e. The fraction of sp³-hybridized carbons (Fsp3) is 0.286. The number of hydrogen-bond acceptors (Lipinski definition) is 5. The SMILES string of the molecule is COc1ccccc1CCNCC(C)NS(=O)(=O)c1ccc2cnccc2c1.Cl.Cl. The Kier molecular flexibility index (Phi) is 10.5. The van der Waals surface area contributed by atoms with Gasteiger partial charge in [0.1, 0.15) is 5.75 Å². The Morgan fingerprint density at radius 3 is 2.60 bits per heavy atom. The molecule has 3 aromatic rings. The topological polar surface area (TPSA) is 80.3 Å². The molecule has 9 heteroatoms. The summed E-state index contributed by atoms with van der Waals surface area (Å²) in [4.78, 5) is 4.30. The van der Waals surface area contributed by atoms with Gasteiger partial charge < -0.3 is 10.1 Å². The van der Waals surface area contributed by atoms with E-state index in [0.717, 1.165) is 35.1 Å². The van der Waals surface area contributed by atoms with Gasteiger partial charge in [0.05, 0.1) is 12.0 Å². The van der Waals surface area contributed by atoms with E-state index in [4.69, 9.17) is 4.74 Å². The molecule has 0 aliphatic carbocycles. The summed E-state index contributed by atoms with van der Waals surface area (Å²) in [6.45, 7) is 3.11. The van der Waals surface area contributed by atoms with E-state index in [1.807, 2.05) is 31.2 Å². The highest BCUT2D eigenvalue weighted by atomic mass is 35.5. The predicted octanol–water partition coefficient (Wildman–Crippen LogP) is 3.59. The van der Waals surface area contributed by atoms with E-state index in [1.54, 1.807) is 43.8 Å². The van der Waals surface area contributed by atoms with Crippen LogP contribution in [0.4, 0.5) is 0 Å². The molecule has 0 spiro atoms. The molecule has 1 heterocycles. The molecule has 0 aliphatic rings. The molecule has 0 saturated carbocycles. The van der Waals surface area contributed by atoms with Crippen LogP contribution in [0.1, 0.15) is 12.5 Å². The number of pyridine rings is 1. The first kappa shape index (κ1) is 26.1. The fourth-order valence-corrected chi connectivity index (χ4v) is 4.33. The van der Waals surface area contributed by atoms with Crippen LogP contribution in [-0.4, -0.2) is 39.6 Å². The van der Waals surface area contributed by atoms with Crippen molar-refractivity contribution < 1.29 is 13.2 Å². The van der Waals surface area contributed by atoms with Crippen LogP contribution in [0.15, 0.2) is 65.8 Å². The zero-order valence-electron chi connectivity index (χ0n) is 16.9. The maximum atomic E-state index is 12.7. The first-order valence-electron chi connectivity index (χ1n) is 9.18. The third-order valence-electron chi connectivity index (χ3n) is 4.49. The average molecular weight is 472 g/mol. The van der Waals surface area contributed by atoms with Gasteiger partial charge in [0.15, 0.2) is 0 Å². The molecule has 164 valence electrons. The first-order valence-corrected chi connectivity index (χ1v) is 10.7. The minimum Gasteiger partial charge on any atom is -0.496 e. The fourth-order valence-electron chi connectivity index (χ4n) is 3.05. The lowest BCUT2D eigenvalue weighted by Gasteiger charge is -2.16. The van der Waals surface area contributed by atoms with Crippen molar-refractivity contribution in [3.8, 4) is 5.75 Å². The summed E-state index contributed by atoms with van der Waals surface area (Å²) in [5.41, 5.74) is 1.12. The molecule has 1 unspecified atom stereocenters. The Morgan fingerprint density at radius 2 is 1.83 bits per heavy atom. The van der Waals surface area contributed by atoms with E-state index in [2.05, 4.69) is 15.0 Å². The second-order valence-electron chi connectivity index (χ2n) is 6.67. The summed E-state index contributed by atoms with van der Waals surface area (Å²) < 4.78 is 33.4. The summed E-state index contributed by atoms with van der Waals surface area (Å²) in [6, 6.07) is 14.5. The highest BCUT2D eigenvalue weighted by Crippen LogP contribution is 2.19. The van der Waals surface area contributed by atoms with Crippen LogP contribution >= 0.6 is 24.8 Å². The monoisotopic (exact) mass is 471 g/mol. The molecule has 2 aromatic carbocycles. The molecule has 1 atom stereocenters. The molecule has 0 radical (unpaired) electrons. The molecule has 2 N–H and O–H groups in total. The summed E-state index contributed by atoms with van der Waals surface area (Å²) in [7, 11) is -1.92. The molecule has 0 saturated heterocycles. The number of rotatable bonds is 9. The van der Waals surface area contributed by atoms with Crippen LogP contribution in [0.25, 0.3) is 10.8 Å². The normalized spacial score (nSPS) is 11.9. The number of nitrogens with zero attached hydrogens (tertiary/aromatic N) is 1. The predicted molar refractivity (Wildman–Crippen MR) is 126 cm³/mol. The molecule has 0 aliphatic heterocycles. The Bertz CT molecular complexity index is 1050. The maximum absolute atomic E-state index is 12.7. The average Bonchev–Trinajstić information content (AvgIpc) is 2.70. The molecular formula is C21H27Cl2N3O3S. The summed E-state index contributed by atoms with van der Waals surface area (Å²) >= 11 is 0. The van der Waals surface area contributed by atoms with Crippen LogP contribution < -0.4 is 14.8 Å². The lowest BCUT2D eigenvalue weighted by Crippen LogP contribution is -2.40. The standard InChI is InChI=1S/C21H25N3O3S.2ClH/c1-16(14-22-11-9-17-5-3-4-6-21(17)27-2)24-28(25,26)20-8-7-19-15-23-12-10-18(19)13-20;;/h3-8,10,12-13,15-16,22,24H,9,11,14H2,1-2H3;2*1H. The van der Waals surface area contributed by atoms with Crippen LogP contribution in [-0.2, 0) is 16.4 Å². The smallest absolute Gasteiger partial charge is 0.240 e. The second-order valence-corrected chi connectivity index (χ2v) is 8.39. The highest BCUT2D eigenvalue weighted by Gasteiger charge is 2.17. The van der Waals surface area contributed by atoms with Crippen molar-refractivity contribution >= 4 is 45.6 Å². The number of nitrogens with one attached hydrogen (secondary N) is 2. The number of sulfonamides is 1. The molecule has 0 bridgehead atoms. The lowest BCUT2D eigenvalue weighted by atomic mass is 10.1. The number of aromatic nitrogens is 1. The van der Waals surface area contributed by atoms with E-state index in [9.17, 15) is 8.42 Å². The molecule has 1 aromatic heterocycles. The van der Waals surface area contributed by atoms with E-state index in [-0.39, 0.29) is 35.8 Å². The van der Waals surface area contributed by atoms with E-state index in [1.165, 1.54) is 0 Å². The van der Waals surface area contributed by atoms with Crippen molar-refractivity contribution in [2.45, 2.75) is 24.3 Å². The van der Waals surface area contributed by atoms with Gasteiger partial charge in [0, 0.05) is 30.4 Å². The number of halogens is 2. The molecule has 0 fully saturated rings. The van der Waals surface area contributed by atoms with Crippen LogP contribution in [0.3, 0.4) is 0 Å². The van der Waals surface area contributed by atoms with Crippen molar-refractivity contribution in [3.63, 3.8) is 0 Å². The largest absolute Gasteiger partial charge is 0.496 e. The minimum absolute atomic E-state index is 0. The van der Waals surface area contributed by atoms with Crippen molar-refractivity contribution in [1.82, 2.24) is 15.0 Å². The first-order chi connectivity index (χ1) is 13.5. The van der Waals surface area contributed by atoms with Crippen LogP contribution in [0.5, 0.6) is 5.75 Å². The third-order valence-corrected chi connectivity index (χ3v) is 6.08. The van der Waals surface area contributed by atoms with Crippen molar-refractivity contribution in [3.05, 3.63) is 66.5 Å². The van der Waals surface area contributed by atoms with Gasteiger partial charge in [0.2, 0.25) is 10.0 Å². The van der Waals surface area contributed by atoms with E-state index in [0.29, 0.717) is 6.54 Å². The molecule has 0 amide bonds. The second kappa shape index (κ2) is 12.1. The molecule has 30 heavy (non-hydrogen) atoms. The Hall–Kier alpha value is -1.90. The number of hydrogen-bond donors (Lipinski definition) is 2. The Morgan fingerprint density at radius 1 is 1.07 bits per heavy atom. The van der Waals surface area contributed by atoms with Gasteiger partial charge in [-0.05, 0) is 55.1 Å². The van der Waals surface area contributed by atoms with Crippen molar-refractivity contribution in [1.29, 1.82) is 0 Å². The Balaban J connectivity index is 0.00000225. The number of benzene rings is 2. The number of methoxy groups -OCH3 is 1. The van der Waals surface area contributed by atoms with E-state index >= 15 is 0 Å². The van der Waals surface area contributed by atoms with Gasteiger partial charge in [0.25, 0.3) is 0 Å².